The van der Waals surface area contributed by atoms with E-state index in [4.69, 9.17) is 11.6 Å². The van der Waals surface area contributed by atoms with Gasteiger partial charge in [-0.05, 0) is 13.8 Å². The summed E-state index contributed by atoms with van der Waals surface area (Å²) < 4.78 is 1.32. The minimum Gasteiger partial charge on any atom is -0.378 e. The van der Waals surface area contributed by atoms with Gasteiger partial charge >= 0.3 is 0 Å². The molecule has 18 heavy (non-hydrogen) atoms. The molecule has 0 bridgehead atoms. The van der Waals surface area contributed by atoms with Crippen molar-refractivity contribution >= 4 is 17.3 Å². The van der Waals surface area contributed by atoms with E-state index < -0.39 is 0 Å². The summed E-state index contributed by atoms with van der Waals surface area (Å²) >= 11 is 6.00. The summed E-state index contributed by atoms with van der Waals surface area (Å²) in [6, 6.07) is 0. The highest BCUT2D eigenvalue weighted by Gasteiger charge is 2.08. The average molecular weight is 268 g/mol. The van der Waals surface area contributed by atoms with Crippen LogP contribution in [0.4, 0.5) is 5.69 Å². The molecule has 0 atom stereocenters. The Balaban J connectivity index is 2.18. The number of hydrogen-bond acceptors (Lipinski definition) is 4. The number of anilines is 1. The van der Waals surface area contributed by atoms with Crippen LogP contribution >= 0.6 is 11.6 Å². The summed E-state index contributed by atoms with van der Waals surface area (Å²) in [5.74, 6) is 0. The number of hydrogen-bond donors (Lipinski definition) is 2. The summed E-state index contributed by atoms with van der Waals surface area (Å²) in [5.41, 5.74) is 2.25. The maximum absolute atomic E-state index is 11.8. The Kier molecular flexibility index (Phi) is 3.66. The van der Waals surface area contributed by atoms with Crippen LogP contribution < -0.4 is 10.9 Å². The molecular formula is C11H14ClN5O. The maximum atomic E-state index is 11.8. The summed E-state index contributed by atoms with van der Waals surface area (Å²) in [4.78, 5) is 11.8. The number of aromatic nitrogens is 4. The molecule has 7 heteroatoms. The minimum absolute atomic E-state index is 0.160. The van der Waals surface area contributed by atoms with Crippen LogP contribution in [0.15, 0.2) is 17.2 Å². The zero-order valence-corrected chi connectivity index (χ0v) is 11.0. The molecular weight excluding hydrogens is 254 g/mol. The molecule has 0 radical (unpaired) electrons. The molecule has 2 rings (SSSR count). The van der Waals surface area contributed by atoms with Crippen LogP contribution in [0.2, 0.25) is 5.02 Å². The smallest absolute Gasteiger partial charge is 0.287 e. The van der Waals surface area contributed by atoms with Gasteiger partial charge in [0.1, 0.15) is 5.02 Å². The molecule has 0 fully saturated rings. The SMILES string of the molecule is CCn1ncc(NCc2cn[nH]c2C)c(Cl)c1=O. The first-order valence-corrected chi connectivity index (χ1v) is 5.99. The van der Waals surface area contributed by atoms with Crippen LogP contribution in [0.25, 0.3) is 0 Å². The van der Waals surface area contributed by atoms with Crippen LogP contribution in [0.5, 0.6) is 0 Å². The van der Waals surface area contributed by atoms with E-state index in [9.17, 15) is 4.79 Å². The highest BCUT2D eigenvalue weighted by atomic mass is 35.5. The number of nitrogens with zero attached hydrogens (tertiary/aromatic N) is 3. The van der Waals surface area contributed by atoms with E-state index in [0.29, 0.717) is 18.8 Å². The first-order chi connectivity index (χ1) is 8.63. The lowest BCUT2D eigenvalue weighted by Crippen LogP contribution is -2.23. The highest BCUT2D eigenvalue weighted by Crippen LogP contribution is 2.16. The molecule has 0 saturated heterocycles. The van der Waals surface area contributed by atoms with Gasteiger partial charge in [0, 0.05) is 24.3 Å². The van der Waals surface area contributed by atoms with Gasteiger partial charge in [-0.25, -0.2) is 4.68 Å². The third-order valence-corrected chi connectivity index (χ3v) is 3.05. The number of H-pyrrole nitrogens is 1. The Morgan fingerprint density at radius 3 is 2.89 bits per heavy atom. The third-order valence-electron chi connectivity index (χ3n) is 2.69. The van der Waals surface area contributed by atoms with Crippen molar-refractivity contribution in [2.75, 3.05) is 5.32 Å². The second-order valence-corrected chi connectivity index (χ2v) is 4.24. The Bertz CT molecular complexity index is 604. The number of aryl methyl sites for hydroxylation is 2. The molecule has 96 valence electrons. The standard InChI is InChI=1S/C11H14ClN5O/c1-3-17-11(18)10(12)9(6-15-17)13-4-8-5-14-16-7(8)2/h5-6,13H,3-4H2,1-2H3,(H,14,16). The Hall–Kier alpha value is -1.82. The van der Waals surface area contributed by atoms with E-state index in [1.807, 2.05) is 13.8 Å². The number of nitrogens with one attached hydrogen (secondary N) is 2. The predicted octanol–water partition coefficient (Wildman–Crippen LogP) is 1.56. The van der Waals surface area contributed by atoms with Crippen LogP contribution in [0.1, 0.15) is 18.2 Å². The third kappa shape index (κ3) is 2.38. The molecule has 2 aromatic rings. The molecule has 2 N–H and O–H groups in total. The molecule has 2 heterocycles. The van der Waals surface area contributed by atoms with E-state index in [0.717, 1.165) is 11.3 Å². The zero-order valence-electron chi connectivity index (χ0n) is 10.2. The second kappa shape index (κ2) is 5.22. The molecule has 6 nitrogen and oxygen atoms in total. The quantitative estimate of drug-likeness (QED) is 0.881. The number of aromatic amines is 1. The Morgan fingerprint density at radius 1 is 1.50 bits per heavy atom. The molecule has 0 aliphatic carbocycles. The van der Waals surface area contributed by atoms with Crippen LogP contribution in [0, 0.1) is 6.92 Å². The lowest BCUT2D eigenvalue weighted by atomic mass is 10.2. The van der Waals surface area contributed by atoms with Gasteiger partial charge in [-0.1, -0.05) is 11.6 Å². The van der Waals surface area contributed by atoms with Crippen molar-refractivity contribution in [3.63, 3.8) is 0 Å². The van der Waals surface area contributed by atoms with Crippen molar-refractivity contribution in [2.45, 2.75) is 26.9 Å². The molecule has 0 aliphatic heterocycles. The highest BCUT2D eigenvalue weighted by molar-refractivity contribution is 6.32. The van der Waals surface area contributed by atoms with E-state index in [-0.39, 0.29) is 10.6 Å². The van der Waals surface area contributed by atoms with Gasteiger partial charge in [-0.3, -0.25) is 9.89 Å². The van der Waals surface area contributed by atoms with Gasteiger partial charge < -0.3 is 5.32 Å². The normalized spacial score (nSPS) is 10.6. The first-order valence-electron chi connectivity index (χ1n) is 5.61. The molecule has 0 unspecified atom stereocenters. The van der Waals surface area contributed by atoms with Crippen molar-refractivity contribution in [3.8, 4) is 0 Å². The second-order valence-electron chi connectivity index (χ2n) is 3.87. The van der Waals surface area contributed by atoms with E-state index in [1.165, 1.54) is 4.68 Å². The van der Waals surface area contributed by atoms with E-state index in [2.05, 4.69) is 20.6 Å². The fourth-order valence-corrected chi connectivity index (χ4v) is 1.77. The topological polar surface area (TPSA) is 75.6 Å². The molecule has 0 amide bonds. The monoisotopic (exact) mass is 267 g/mol. The largest absolute Gasteiger partial charge is 0.378 e. The van der Waals surface area contributed by atoms with Crippen molar-refractivity contribution in [2.24, 2.45) is 0 Å². The minimum atomic E-state index is -0.284. The average Bonchev–Trinajstić information content (AvgIpc) is 2.77. The van der Waals surface area contributed by atoms with Crippen molar-refractivity contribution in [3.05, 3.63) is 39.0 Å². The van der Waals surface area contributed by atoms with Crippen molar-refractivity contribution < 1.29 is 0 Å². The number of halogens is 1. The van der Waals surface area contributed by atoms with E-state index in [1.54, 1.807) is 12.4 Å². The summed E-state index contributed by atoms with van der Waals surface area (Å²) in [6.07, 6.45) is 3.29. The van der Waals surface area contributed by atoms with Gasteiger partial charge in [0.25, 0.3) is 5.56 Å². The van der Waals surface area contributed by atoms with Crippen LogP contribution in [-0.4, -0.2) is 20.0 Å². The Morgan fingerprint density at radius 2 is 2.28 bits per heavy atom. The van der Waals surface area contributed by atoms with Crippen molar-refractivity contribution in [1.82, 2.24) is 20.0 Å². The van der Waals surface area contributed by atoms with E-state index >= 15 is 0 Å². The molecule has 0 aliphatic rings. The fourth-order valence-electron chi connectivity index (χ4n) is 1.56. The predicted molar refractivity (Wildman–Crippen MR) is 69.8 cm³/mol. The summed E-state index contributed by atoms with van der Waals surface area (Å²) in [5, 5.41) is 14.0. The van der Waals surface area contributed by atoms with Gasteiger partial charge in [-0.15, -0.1) is 0 Å². The summed E-state index contributed by atoms with van der Waals surface area (Å²) in [7, 11) is 0. The van der Waals surface area contributed by atoms with Crippen molar-refractivity contribution in [1.29, 1.82) is 0 Å². The lowest BCUT2D eigenvalue weighted by Gasteiger charge is -2.08. The first kappa shape index (κ1) is 12.6. The molecule has 2 aromatic heterocycles. The molecule has 0 saturated carbocycles. The van der Waals surface area contributed by atoms with Crippen LogP contribution in [-0.2, 0) is 13.1 Å². The molecule has 0 aromatic carbocycles. The lowest BCUT2D eigenvalue weighted by molar-refractivity contribution is 0.616. The number of rotatable bonds is 4. The van der Waals surface area contributed by atoms with Gasteiger partial charge in [-0.2, -0.15) is 10.2 Å². The Labute approximate surface area is 109 Å². The van der Waals surface area contributed by atoms with Crippen LogP contribution in [0.3, 0.4) is 0 Å². The fraction of sp³-hybridized carbons (Fsp3) is 0.364. The van der Waals surface area contributed by atoms with Gasteiger partial charge in [0.2, 0.25) is 0 Å². The van der Waals surface area contributed by atoms with Gasteiger partial charge in [0.15, 0.2) is 0 Å². The summed E-state index contributed by atoms with van der Waals surface area (Å²) in [6.45, 7) is 4.81. The van der Waals surface area contributed by atoms with Gasteiger partial charge in [0.05, 0.1) is 18.1 Å². The maximum Gasteiger partial charge on any atom is 0.287 e. The molecule has 0 spiro atoms. The zero-order chi connectivity index (χ0) is 13.1.